The normalized spacial score (nSPS) is 33.6. The number of hydrogen-bond donors (Lipinski definition) is 3. The minimum absolute atomic E-state index is 0.0690. The number of carbonyl (C=O) groups is 1. The molecule has 92 valence electrons. The molecule has 16 heavy (non-hydrogen) atoms. The van der Waals surface area contributed by atoms with Crippen molar-refractivity contribution in [2.24, 2.45) is 5.92 Å². The van der Waals surface area contributed by atoms with Gasteiger partial charge in [0.2, 0.25) is 0 Å². The summed E-state index contributed by atoms with van der Waals surface area (Å²) in [6, 6.07) is 0.193. The minimum Gasteiger partial charge on any atom is -0.479 e. The number of carboxylic acid groups (broad SMARTS) is 1. The molecule has 5 heteroatoms. The molecule has 2 fully saturated rings. The van der Waals surface area contributed by atoms with Gasteiger partial charge in [-0.1, -0.05) is 0 Å². The van der Waals surface area contributed by atoms with E-state index in [1.165, 1.54) is 19.8 Å². The SMILES string of the molecule is CC(O)(CNC1CCOC1C1CC1)C(=O)O. The first kappa shape index (κ1) is 11.8. The van der Waals surface area contributed by atoms with Gasteiger partial charge in [-0.3, -0.25) is 0 Å². The molecule has 0 bridgehead atoms. The number of nitrogens with one attached hydrogen (secondary N) is 1. The third-order valence-corrected chi connectivity index (χ3v) is 3.39. The third kappa shape index (κ3) is 2.53. The average Bonchev–Trinajstić information content (AvgIpc) is 2.95. The largest absolute Gasteiger partial charge is 0.479 e. The van der Waals surface area contributed by atoms with Crippen LogP contribution < -0.4 is 5.32 Å². The Morgan fingerprint density at radius 1 is 1.50 bits per heavy atom. The predicted molar refractivity (Wildman–Crippen MR) is 57.1 cm³/mol. The lowest BCUT2D eigenvalue weighted by Crippen LogP contribution is -2.50. The summed E-state index contributed by atoms with van der Waals surface area (Å²) in [5.41, 5.74) is -1.70. The lowest BCUT2D eigenvalue weighted by molar-refractivity contribution is -0.156. The van der Waals surface area contributed by atoms with Crippen LogP contribution in [0.5, 0.6) is 0 Å². The molecule has 1 aliphatic carbocycles. The Morgan fingerprint density at radius 3 is 2.75 bits per heavy atom. The fraction of sp³-hybridized carbons (Fsp3) is 0.909. The van der Waals surface area contributed by atoms with Crippen LogP contribution in [0.1, 0.15) is 26.2 Å². The van der Waals surface area contributed by atoms with Crippen LogP contribution in [-0.4, -0.2) is 47.1 Å². The highest BCUT2D eigenvalue weighted by molar-refractivity contribution is 5.76. The molecule has 1 aliphatic heterocycles. The van der Waals surface area contributed by atoms with Gasteiger partial charge in [0.25, 0.3) is 0 Å². The van der Waals surface area contributed by atoms with Gasteiger partial charge in [0.15, 0.2) is 5.60 Å². The van der Waals surface area contributed by atoms with E-state index < -0.39 is 11.6 Å². The molecule has 1 saturated carbocycles. The maximum absolute atomic E-state index is 10.7. The van der Waals surface area contributed by atoms with Crippen molar-refractivity contribution in [3.8, 4) is 0 Å². The molecular weight excluding hydrogens is 210 g/mol. The summed E-state index contributed by atoms with van der Waals surface area (Å²) in [7, 11) is 0. The number of aliphatic hydroxyl groups is 1. The van der Waals surface area contributed by atoms with Crippen molar-refractivity contribution in [1.29, 1.82) is 0 Å². The van der Waals surface area contributed by atoms with Gasteiger partial charge in [0, 0.05) is 19.2 Å². The Kier molecular flexibility index (Phi) is 3.19. The second-order valence-corrected chi connectivity index (χ2v) is 5.03. The van der Waals surface area contributed by atoms with Gasteiger partial charge in [-0.15, -0.1) is 0 Å². The van der Waals surface area contributed by atoms with E-state index in [-0.39, 0.29) is 18.7 Å². The quantitative estimate of drug-likeness (QED) is 0.617. The first-order chi connectivity index (χ1) is 7.50. The summed E-state index contributed by atoms with van der Waals surface area (Å²) < 4.78 is 5.62. The van der Waals surface area contributed by atoms with Crippen molar-refractivity contribution in [3.63, 3.8) is 0 Å². The molecule has 5 nitrogen and oxygen atoms in total. The van der Waals surface area contributed by atoms with Crippen LogP contribution >= 0.6 is 0 Å². The molecule has 3 unspecified atom stereocenters. The third-order valence-electron chi connectivity index (χ3n) is 3.39. The van der Waals surface area contributed by atoms with Crippen LogP contribution in [0.4, 0.5) is 0 Å². The smallest absolute Gasteiger partial charge is 0.336 e. The first-order valence-electron chi connectivity index (χ1n) is 5.81. The van der Waals surface area contributed by atoms with Crippen molar-refractivity contribution in [3.05, 3.63) is 0 Å². The Balaban J connectivity index is 1.82. The van der Waals surface area contributed by atoms with Gasteiger partial charge in [-0.05, 0) is 32.1 Å². The van der Waals surface area contributed by atoms with Gasteiger partial charge in [0.05, 0.1) is 6.10 Å². The molecule has 0 amide bonds. The zero-order valence-electron chi connectivity index (χ0n) is 9.48. The molecule has 2 rings (SSSR count). The average molecular weight is 229 g/mol. The molecule has 3 N–H and O–H groups in total. The van der Waals surface area contributed by atoms with E-state index in [1.807, 2.05) is 0 Å². The summed E-state index contributed by atoms with van der Waals surface area (Å²) in [6.45, 7) is 2.11. The number of ether oxygens (including phenoxy) is 1. The highest BCUT2D eigenvalue weighted by Crippen LogP contribution is 2.38. The summed E-state index contributed by atoms with van der Waals surface area (Å²) in [6.07, 6.45) is 3.53. The van der Waals surface area contributed by atoms with Gasteiger partial charge >= 0.3 is 5.97 Å². The first-order valence-corrected chi connectivity index (χ1v) is 5.81. The van der Waals surface area contributed by atoms with E-state index in [2.05, 4.69) is 5.32 Å². The fourth-order valence-electron chi connectivity index (χ4n) is 2.12. The van der Waals surface area contributed by atoms with E-state index in [9.17, 15) is 9.90 Å². The number of aliphatic carboxylic acids is 1. The molecule has 0 aromatic rings. The molecule has 1 saturated heterocycles. The van der Waals surface area contributed by atoms with E-state index in [1.54, 1.807) is 0 Å². The standard InChI is InChI=1S/C11H19NO4/c1-11(15,10(13)14)6-12-8-4-5-16-9(8)7-2-3-7/h7-9,12,15H,2-6H2,1H3,(H,13,14). The van der Waals surface area contributed by atoms with E-state index in [0.717, 1.165) is 13.0 Å². The van der Waals surface area contributed by atoms with Crippen LogP contribution in [0.25, 0.3) is 0 Å². The van der Waals surface area contributed by atoms with Crippen molar-refractivity contribution in [2.75, 3.05) is 13.2 Å². The van der Waals surface area contributed by atoms with Crippen LogP contribution in [0.2, 0.25) is 0 Å². The van der Waals surface area contributed by atoms with Crippen molar-refractivity contribution in [2.45, 2.75) is 43.9 Å². The van der Waals surface area contributed by atoms with E-state index in [0.29, 0.717) is 5.92 Å². The Morgan fingerprint density at radius 2 is 2.19 bits per heavy atom. The molecule has 0 aromatic heterocycles. The number of rotatable bonds is 5. The summed E-state index contributed by atoms with van der Waals surface area (Å²) >= 11 is 0. The van der Waals surface area contributed by atoms with Crippen molar-refractivity contribution < 1.29 is 19.7 Å². The molecule has 0 spiro atoms. The van der Waals surface area contributed by atoms with Gasteiger partial charge in [0.1, 0.15) is 0 Å². The zero-order valence-corrected chi connectivity index (χ0v) is 9.48. The topological polar surface area (TPSA) is 78.8 Å². The molecule has 1 heterocycles. The number of carboxylic acids is 1. The van der Waals surface area contributed by atoms with E-state index >= 15 is 0 Å². The van der Waals surface area contributed by atoms with Crippen LogP contribution in [0.15, 0.2) is 0 Å². The highest BCUT2D eigenvalue weighted by atomic mass is 16.5. The summed E-state index contributed by atoms with van der Waals surface area (Å²) in [5.74, 6) is -0.559. The Bertz CT molecular complexity index is 275. The lowest BCUT2D eigenvalue weighted by Gasteiger charge is -2.24. The maximum Gasteiger partial charge on any atom is 0.336 e. The highest BCUT2D eigenvalue weighted by Gasteiger charge is 2.41. The van der Waals surface area contributed by atoms with Crippen molar-refractivity contribution in [1.82, 2.24) is 5.32 Å². The molecule has 3 atom stereocenters. The lowest BCUT2D eigenvalue weighted by atomic mass is 10.0. The predicted octanol–water partition coefficient (Wildman–Crippen LogP) is -0.0209. The summed E-state index contributed by atoms with van der Waals surface area (Å²) in [4.78, 5) is 10.7. The second-order valence-electron chi connectivity index (χ2n) is 5.03. The molecule has 0 aromatic carbocycles. The van der Waals surface area contributed by atoms with Crippen molar-refractivity contribution >= 4 is 5.97 Å². The van der Waals surface area contributed by atoms with Gasteiger partial charge in [-0.25, -0.2) is 4.79 Å². The zero-order chi connectivity index (χ0) is 11.8. The van der Waals surface area contributed by atoms with Crippen LogP contribution in [0, 0.1) is 5.92 Å². The van der Waals surface area contributed by atoms with Gasteiger partial charge < -0.3 is 20.3 Å². The van der Waals surface area contributed by atoms with Gasteiger partial charge in [-0.2, -0.15) is 0 Å². The Labute approximate surface area is 94.8 Å². The second kappa shape index (κ2) is 4.31. The molecule has 2 aliphatic rings. The minimum atomic E-state index is -1.70. The summed E-state index contributed by atoms with van der Waals surface area (Å²) in [5, 5.41) is 21.5. The monoisotopic (exact) mass is 229 g/mol. The fourth-order valence-corrected chi connectivity index (χ4v) is 2.12. The number of hydrogen-bond acceptors (Lipinski definition) is 4. The Hall–Kier alpha value is -0.650. The van der Waals surface area contributed by atoms with Crippen LogP contribution in [-0.2, 0) is 9.53 Å². The van der Waals surface area contributed by atoms with E-state index in [4.69, 9.17) is 9.84 Å². The molecular formula is C11H19NO4. The molecule has 0 radical (unpaired) electrons. The van der Waals surface area contributed by atoms with Crippen LogP contribution in [0.3, 0.4) is 0 Å². The maximum atomic E-state index is 10.7.